The Balaban J connectivity index is 1.39. The largest absolute Gasteiger partial charge is 0.433 e. The van der Waals surface area contributed by atoms with E-state index in [-0.39, 0.29) is 22.1 Å². The van der Waals surface area contributed by atoms with E-state index in [1.165, 1.54) is 11.2 Å². The molecule has 156 valence electrons. The molecule has 1 aromatic rings. The van der Waals surface area contributed by atoms with Crippen molar-refractivity contribution in [2.45, 2.75) is 49.9 Å². The lowest BCUT2D eigenvalue weighted by molar-refractivity contribution is -0.141. The summed E-state index contributed by atoms with van der Waals surface area (Å²) in [6, 6.07) is 2.06. The number of aryl methyl sites for hydroxylation is 1. The molecular weight excluding hydrogens is 395 g/mol. The SMILES string of the molecule is Cc1nc(C(F)(F)F)ccc1S(=O)(=O)N1CC2(CN(C(C)C3CCCO3)C2)C1. The van der Waals surface area contributed by atoms with Gasteiger partial charge in [-0.3, -0.25) is 4.90 Å². The lowest BCUT2D eigenvalue weighted by Gasteiger charge is -2.61. The van der Waals surface area contributed by atoms with E-state index in [2.05, 4.69) is 16.8 Å². The van der Waals surface area contributed by atoms with Gasteiger partial charge in [0.1, 0.15) is 10.6 Å². The van der Waals surface area contributed by atoms with Crippen LogP contribution in [0.3, 0.4) is 0 Å². The molecule has 4 rings (SSSR count). The van der Waals surface area contributed by atoms with Crippen molar-refractivity contribution in [3.63, 3.8) is 0 Å². The molecule has 0 radical (unpaired) electrons. The highest BCUT2D eigenvalue weighted by molar-refractivity contribution is 7.89. The number of halogens is 3. The minimum absolute atomic E-state index is 0.0484. The van der Waals surface area contributed by atoms with E-state index in [4.69, 9.17) is 4.74 Å². The third kappa shape index (κ3) is 3.34. The Morgan fingerprint density at radius 2 is 1.93 bits per heavy atom. The fraction of sp³-hybridized carbons (Fsp3) is 0.722. The molecule has 1 spiro atoms. The minimum Gasteiger partial charge on any atom is -0.377 e. The molecule has 3 saturated heterocycles. The quantitative estimate of drug-likeness (QED) is 0.749. The number of sulfonamides is 1. The first-order chi connectivity index (χ1) is 13.0. The summed E-state index contributed by atoms with van der Waals surface area (Å²) in [7, 11) is -3.84. The maximum Gasteiger partial charge on any atom is 0.433 e. The van der Waals surface area contributed by atoms with Gasteiger partial charge in [0.15, 0.2) is 0 Å². The molecule has 3 aliphatic heterocycles. The molecule has 10 heteroatoms. The highest BCUT2D eigenvalue weighted by Gasteiger charge is 2.56. The topological polar surface area (TPSA) is 62.7 Å². The molecule has 0 N–H and O–H groups in total. The van der Waals surface area contributed by atoms with Crippen molar-refractivity contribution in [3.8, 4) is 0 Å². The zero-order valence-corrected chi connectivity index (χ0v) is 16.7. The van der Waals surface area contributed by atoms with Crippen LogP contribution in [0, 0.1) is 12.3 Å². The van der Waals surface area contributed by atoms with E-state index in [1.807, 2.05) is 0 Å². The van der Waals surface area contributed by atoms with Gasteiger partial charge in [0, 0.05) is 44.2 Å². The zero-order chi connectivity index (χ0) is 20.3. The number of hydrogen-bond donors (Lipinski definition) is 0. The van der Waals surface area contributed by atoms with Gasteiger partial charge in [0.05, 0.1) is 11.8 Å². The van der Waals surface area contributed by atoms with Gasteiger partial charge in [0.25, 0.3) is 0 Å². The summed E-state index contributed by atoms with van der Waals surface area (Å²) in [5, 5.41) is 0. The molecule has 0 amide bonds. The van der Waals surface area contributed by atoms with Crippen molar-refractivity contribution >= 4 is 10.0 Å². The third-order valence-corrected chi connectivity index (χ3v) is 8.05. The van der Waals surface area contributed by atoms with Crippen LogP contribution >= 0.6 is 0 Å². The Kier molecular flexibility index (Phi) is 4.76. The van der Waals surface area contributed by atoms with Crippen LogP contribution < -0.4 is 0 Å². The summed E-state index contributed by atoms with van der Waals surface area (Å²) in [4.78, 5) is 5.62. The number of hydrogen-bond acceptors (Lipinski definition) is 5. The monoisotopic (exact) mass is 419 g/mol. The number of alkyl halides is 3. The Hall–Kier alpha value is -1.23. The number of rotatable bonds is 4. The van der Waals surface area contributed by atoms with Crippen LogP contribution in [0.4, 0.5) is 13.2 Å². The molecule has 2 atom stereocenters. The van der Waals surface area contributed by atoms with Crippen LogP contribution in [0.5, 0.6) is 0 Å². The Labute approximate surface area is 162 Å². The van der Waals surface area contributed by atoms with Crippen LogP contribution in [-0.4, -0.2) is 67.5 Å². The van der Waals surface area contributed by atoms with Gasteiger partial charge in [-0.05, 0) is 38.8 Å². The van der Waals surface area contributed by atoms with E-state index in [9.17, 15) is 21.6 Å². The van der Waals surface area contributed by atoms with Crippen molar-refractivity contribution in [2.75, 3.05) is 32.8 Å². The minimum atomic E-state index is -4.59. The normalized spacial score (nSPS) is 26.8. The molecule has 0 aromatic carbocycles. The van der Waals surface area contributed by atoms with Crippen LogP contribution in [0.1, 0.15) is 31.2 Å². The molecule has 0 bridgehead atoms. The maximum atomic E-state index is 12.8. The lowest BCUT2D eigenvalue weighted by atomic mass is 9.73. The molecule has 28 heavy (non-hydrogen) atoms. The average Bonchev–Trinajstić information content (AvgIpc) is 3.04. The summed E-state index contributed by atoms with van der Waals surface area (Å²) in [5.74, 6) is 0. The van der Waals surface area contributed by atoms with Crippen molar-refractivity contribution in [3.05, 3.63) is 23.5 Å². The van der Waals surface area contributed by atoms with Gasteiger partial charge in [-0.2, -0.15) is 17.5 Å². The first kappa shape index (κ1) is 20.1. The van der Waals surface area contributed by atoms with Gasteiger partial charge >= 0.3 is 6.18 Å². The summed E-state index contributed by atoms with van der Waals surface area (Å²) < 4.78 is 71.0. The van der Waals surface area contributed by atoms with Crippen LogP contribution in [0.25, 0.3) is 0 Å². The Morgan fingerprint density at radius 3 is 2.46 bits per heavy atom. The zero-order valence-electron chi connectivity index (χ0n) is 15.9. The summed E-state index contributed by atoms with van der Waals surface area (Å²) in [6.07, 6.45) is -2.20. The number of aromatic nitrogens is 1. The Morgan fingerprint density at radius 1 is 1.25 bits per heavy atom. The molecular formula is C18H24F3N3O3S. The van der Waals surface area contributed by atoms with Crippen molar-refractivity contribution in [1.29, 1.82) is 0 Å². The van der Waals surface area contributed by atoms with Crippen LogP contribution in [0.15, 0.2) is 17.0 Å². The van der Waals surface area contributed by atoms with Gasteiger partial charge in [-0.1, -0.05) is 0 Å². The number of ether oxygens (including phenoxy) is 1. The van der Waals surface area contributed by atoms with Crippen molar-refractivity contribution < 1.29 is 26.3 Å². The second-order valence-corrected chi connectivity index (χ2v) is 10.2. The van der Waals surface area contributed by atoms with Crippen molar-refractivity contribution in [1.82, 2.24) is 14.2 Å². The molecule has 4 heterocycles. The van der Waals surface area contributed by atoms with Gasteiger partial charge in [0.2, 0.25) is 10.0 Å². The van der Waals surface area contributed by atoms with Crippen LogP contribution in [-0.2, 0) is 20.9 Å². The number of nitrogens with zero attached hydrogens (tertiary/aromatic N) is 3. The second-order valence-electron chi connectivity index (χ2n) is 8.25. The molecule has 1 aromatic heterocycles. The van der Waals surface area contributed by atoms with E-state index < -0.39 is 21.9 Å². The maximum absolute atomic E-state index is 12.8. The second kappa shape index (κ2) is 6.65. The summed E-state index contributed by atoms with van der Waals surface area (Å²) in [6.45, 7) is 6.68. The van der Waals surface area contributed by atoms with Gasteiger partial charge < -0.3 is 4.74 Å². The molecule has 0 aliphatic carbocycles. The van der Waals surface area contributed by atoms with Gasteiger partial charge in [-0.15, -0.1) is 0 Å². The summed E-state index contributed by atoms with van der Waals surface area (Å²) in [5.41, 5.74) is -1.26. The van der Waals surface area contributed by atoms with Crippen molar-refractivity contribution in [2.24, 2.45) is 5.41 Å². The highest BCUT2D eigenvalue weighted by Crippen LogP contribution is 2.44. The lowest BCUT2D eigenvalue weighted by Crippen LogP contribution is -2.74. The Bertz CT molecular complexity index is 855. The van der Waals surface area contributed by atoms with E-state index in [1.54, 1.807) is 0 Å². The van der Waals surface area contributed by atoms with E-state index in [0.717, 1.165) is 44.7 Å². The van der Waals surface area contributed by atoms with E-state index in [0.29, 0.717) is 19.1 Å². The molecule has 0 saturated carbocycles. The fourth-order valence-electron chi connectivity index (χ4n) is 4.51. The molecule has 3 fully saturated rings. The van der Waals surface area contributed by atoms with Crippen LogP contribution in [0.2, 0.25) is 0 Å². The number of pyridine rings is 1. The molecule has 3 aliphatic rings. The predicted molar refractivity (Wildman–Crippen MR) is 95.2 cm³/mol. The first-order valence-electron chi connectivity index (χ1n) is 9.43. The average molecular weight is 419 g/mol. The summed E-state index contributed by atoms with van der Waals surface area (Å²) >= 11 is 0. The standard InChI is InChI=1S/C18H24F3N3O3S/c1-12-15(5-6-16(22-12)18(19,20)21)28(25,26)24-10-17(11-24)8-23(9-17)13(2)14-4-3-7-27-14/h5-6,13-14H,3-4,7-11H2,1-2H3. The number of likely N-dealkylation sites (tertiary alicyclic amines) is 1. The molecule has 6 nitrogen and oxygen atoms in total. The van der Waals surface area contributed by atoms with E-state index >= 15 is 0 Å². The highest BCUT2D eigenvalue weighted by atomic mass is 32.2. The fourth-order valence-corrected chi connectivity index (χ4v) is 6.34. The molecule has 2 unspecified atom stereocenters. The smallest absolute Gasteiger partial charge is 0.377 e. The third-order valence-electron chi connectivity index (χ3n) is 6.13. The predicted octanol–water partition coefficient (Wildman–Crippen LogP) is 2.28. The van der Waals surface area contributed by atoms with Gasteiger partial charge in [-0.25, -0.2) is 13.4 Å². The first-order valence-corrected chi connectivity index (χ1v) is 10.9.